The van der Waals surface area contributed by atoms with Gasteiger partial charge in [-0.25, -0.2) is 0 Å². The summed E-state index contributed by atoms with van der Waals surface area (Å²) in [6.45, 7) is 6.72. The minimum atomic E-state index is -0.333. The van der Waals surface area contributed by atoms with Gasteiger partial charge in [-0.3, -0.25) is 10.1 Å². The van der Waals surface area contributed by atoms with Gasteiger partial charge in [0, 0.05) is 12.6 Å². The van der Waals surface area contributed by atoms with Gasteiger partial charge in [-0.2, -0.15) is 0 Å². The summed E-state index contributed by atoms with van der Waals surface area (Å²) < 4.78 is 0. The van der Waals surface area contributed by atoms with Crippen molar-refractivity contribution >= 4 is 11.4 Å². The monoisotopic (exact) mass is 222 g/mol. The zero-order valence-corrected chi connectivity index (χ0v) is 10.0. The Morgan fingerprint density at radius 2 is 1.94 bits per heavy atom. The molecule has 0 aliphatic carbocycles. The predicted octanol–water partition coefficient (Wildman–Crippen LogP) is 3.42. The highest BCUT2D eigenvalue weighted by molar-refractivity contribution is 5.64. The van der Waals surface area contributed by atoms with Crippen LogP contribution < -0.4 is 5.32 Å². The third-order valence-electron chi connectivity index (χ3n) is 2.65. The van der Waals surface area contributed by atoms with E-state index in [2.05, 4.69) is 12.2 Å². The van der Waals surface area contributed by atoms with Crippen LogP contribution in [-0.4, -0.2) is 11.5 Å². The van der Waals surface area contributed by atoms with Gasteiger partial charge in [0.2, 0.25) is 0 Å². The lowest BCUT2D eigenvalue weighted by Gasteiger charge is -2.09. The number of nitrogens with zero attached hydrogens (tertiary/aromatic N) is 1. The van der Waals surface area contributed by atoms with Crippen LogP contribution in [0.1, 0.15) is 30.9 Å². The van der Waals surface area contributed by atoms with Gasteiger partial charge in [-0.15, -0.1) is 0 Å². The SMILES string of the molecule is CCCCNc1cc(C)c(C)cc1[N+](=O)[O-]. The second kappa shape index (κ2) is 5.49. The smallest absolute Gasteiger partial charge is 0.292 e. The lowest BCUT2D eigenvalue weighted by molar-refractivity contribution is -0.384. The van der Waals surface area contributed by atoms with E-state index in [1.807, 2.05) is 19.9 Å². The number of anilines is 1. The average Bonchev–Trinajstić information content (AvgIpc) is 2.23. The highest BCUT2D eigenvalue weighted by Gasteiger charge is 2.14. The van der Waals surface area contributed by atoms with Crippen molar-refractivity contribution < 1.29 is 4.92 Å². The van der Waals surface area contributed by atoms with Gasteiger partial charge < -0.3 is 5.32 Å². The first-order valence-corrected chi connectivity index (χ1v) is 5.55. The van der Waals surface area contributed by atoms with Crippen LogP contribution in [0.15, 0.2) is 12.1 Å². The van der Waals surface area contributed by atoms with E-state index < -0.39 is 0 Å². The van der Waals surface area contributed by atoms with Crippen molar-refractivity contribution in [2.24, 2.45) is 0 Å². The fourth-order valence-corrected chi connectivity index (χ4v) is 1.49. The highest BCUT2D eigenvalue weighted by atomic mass is 16.6. The number of nitro groups is 1. The van der Waals surface area contributed by atoms with Gasteiger partial charge in [0.1, 0.15) is 5.69 Å². The maximum atomic E-state index is 10.9. The number of rotatable bonds is 5. The van der Waals surface area contributed by atoms with Crippen LogP contribution in [0.2, 0.25) is 0 Å². The normalized spacial score (nSPS) is 10.2. The van der Waals surface area contributed by atoms with Gasteiger partial charge in [-0.05, 0) is 37.5 Å². The summed E-state index contributed by atoms with van der Waals surface area (Å²) in [5.74, 6) is 0. The largest absolute Gasteiger partial charge is 0.379 e. The van der Waals surface area contributed by atoms with Crippen LogP contribution in [0, 0.1) is 24.0 Å². The number of aryl methyl sites for hydroxylation is 2. The maximum Gasteiger partial charge on any atom is 0.292 e. The summed E-state index contributed by atoms with van der Waals surface area (Å²) in [5.41, 5.74) is 2.82. The zero-order chi connectivity index (χ0) is 12.1. The first-order chi connectivity index (χ1) is 7.56. The molecule has 0 saturated heterocycles. The Morgan fingerprint density at radius 1 is 1.31 bits per heavy atom. The van der Waals surface area contributed by atoms with Crippen molar-refractivity contribution in [2.75, 3.05) is 11.9 Å². The number of nitro benzene ring substituents is 1. The lowest BCUT2D eigenvalue weighted by atomic mass is 10.1. The summed E-state index contributed by atoms with van der Waals surface area (Å²) in [7, 11) is 0. The molecule has 0 fully saturated rings. The summed E-state index contributed by atoms with van der Waals surface area (Å²) in [4.78, 5) is 10.6. The molecule has 1 N–H and O–H groups in total. The summed E-state index contributed by atoms with van der Waals surface area (Å²) in [5, 5.41) is 14.0. The van der Waals surface area contributed by atoms with E-state index in [9.17, 15) is 10.1 Å². The van der Waals surface area contributed by atoms with Crippen LogP contribution in [0.25, 0.3) is 0 Å². The maximum absolute atomic E-state index is 10.9. The van der Waals surface area contributed by atoms with Gasteiger partial charge in [0.25, 0.3) is 5.69 Å². The molecule has 0 atom stereocenters. The quantitative estimate of drug-likeness (QED) is 0.471. The van der Waals surface area contributed by atoms with Crippen LogP contribution in [0.4, 0.5) is 11.4 Å². The fraction of sp³-hybridized carbons (Fsp3) is 0.500. The standard InChI is InChI=1S/C12H18N2O2/c1-4-5-6-13-11-7-9(2)10(3)8-12(11)14(15)16/h7-8,13H,4-6H2,1-3H3. The van der Waals surface area contributed by atoms with E-state index in [1.54, 1.807) is 6.07 Å². The molecule has 0 aliphatic rings. The van der Waals surface area contributed by atoms with Crippen LogP contribution >= 0.6 is 0 Å². The molecular weight excluding hydrogens is 204 g/mol. The molecule has 0 aromatic heterocycles. The molecule has 0 spiro atoms. The molecular formula is C12H18N2O2. The van der Waals surface area contributed by atoms with Crippen molar-refractivity contribution in [3.63, 3.8) is 0 Å². The van der Waals surface area contributed by atoms with Crippen LogP contribution in [-0.2, 0) is 0 Å². The van der Waals surface area contributed by atoms with E-state index in [-0.39, 0.29) is 10.6 Å². The number of nitrogens with one attached hydrogen (secondary N) is 1. The van der Waals surface area contributed by atoms with Crippen molar-refractivity contribution in [3.8, 4) is 0 Å². The van der Waals surface area contributed by atoms with Crippen LogP contribution in [0.3, 0.4) is 0 Å². The Hall–Kier alpha value is -1.58. The molecule has 0 saturated carbocycles. The molecule has 4 nitrogen and oxygen atoms in total. The molecule has 0 amide bonds. The van der Waals surface area contributed by atoms with Gasteiger partial charge in [0.05, 0.1) is 4.92 Å². The summed E-state index contributed by atoms with van der Waals surface area (Å²) >= 11 is 0. The Bertz CT molecular complexity index is 389. The molecule has 0 unspecified atom stereocenters. The highest BCUT2D eigenvalue weighted by Crippen LogP contribution is 2.27. The second-order valence-corrected chi connectivity index (χ2v) is 3.99. The molecule has 4 heteroatoms. The molecule has 0 aliphatic heterocycles. The van der Waals surface area contributed by atoms with Crippen molar-refractivity contribution in [2.45, 2.75) is 33.6 Å². The zero-order valence-electron chi connectivity index (χ0n) is 10.0. The number of hydrogen-bond acceptors (Lipinski definition) is 3. The molecule has 0 radical (unpaired) electrons. The molecule has 1 aromatic carbocycles. The minimum Gasteiger partial charge on any atom is -0.379 e. The van der Waals surface area contributed by atoms with E-state index in [0.29, 0.717) is 5.69 Å². The Kier molecular flexibility index (Phi) is 4.28. The first kappa shape index (κ1) is 12.5. The molecule has 16 heavy (non-hydrogen) atoms. The minimum absolute atomic E-state index is 0.166. The van der Waals surface area contributed by atoms with Gasteiger partial charge in [0.15, 0.2) is 0 Å². The van der Waals surface area contributed by atoms with Crippen molar-refractivity contribution in [1.82, 2.24) is 0 Å². The van der Waals surface area contributed by atoms with Crippen LogP contribution in [0.5, 0.6) is 0 Å². The van der Waals surface area contributed by atoms with E-state index in [0.717, 1.165) is 30.5 Å². The summed E-state index contributed by atoms with van der Waals surface area (Å²) in [6.07, 6.45) is 2.09. The van der Waals surface area contributed by atoms with Gasteiger partial charge >= 0.3 is 0 Å². The number of hydrogen-bond donors (Lipinski definition) is 1. The second-order valence-electron chi connectivity index (χ2n) is 3.99. The Labute approximate surface area is 95.8 Å². The average molecular weight is 222 g/mol. The topological polar surface area (TPSA) is 55.2 Å². The molecule has 0 heterocycles. The first-order valence-electron chi connectivity index (χ1n) is 5.55. The van der Waals surface area contributed by atoms with E-state index >= 15 is 0 Å². The van der Waals surface area contributed by atoms with Crippen molar-refractivity contribution in [3.05, 3.63) is 33.4 Å². The molecule has 88 valence electrons. The van der Waals surface area contributed by atoms with Crippen molar-refractivity contribution in [1.29, 1.82) is 0 Å². The van der Waals surface area contributed by atoms with E-state index in [1.165, 1.54) is 0 Å². The lowest BCUT2D eigenvalue weighted by Crippen LogP contribution is -2.04. The van der Waals surface area contributed by atoms with Gasteiger partial charge in [-0.1, -0.05) is 13.3 Å². The third kappa shape index (κ3) is 2.95. The number of benzene rings is 1. The fourth-order valence-electron chi connectivity index (χ4n) is 1.49. The Morgan fingerprint density at radius 3 is 2.50 bits per heavy atom. The molecule has 1 aromatic rings. The molecule has 0 bridgehead atoms. The Balaban J connectivity index is 2.95. The third-order valence-corrected chi connectivity index (χ3v) is 2.65. The molecule has 1 rings (SSSR count). The van der Waals surface area contributed by atoms with E-state index in [4.69, 9.17) is 0 Å². The number of unbranched alkanes of at least 4 members (excludes halogenated alkanes) is 1. The summed E-state index contributed by atoms with van der Waals surface area (Å²) in [6, 6.07) is 3.48. The predicted molar refractivity (Wildman–Crippen MR) is 66.0 cm³/mol.